The first-order chi connectivity index (χ1) is 13.9. The summed E-state index contributed by atoms with van der Waals surface area (Å²) in [5.74, 6) is 1.07. The summed E-state index contributed by atoms with van der Waals surface area (Å²) in [5, 5.41) is 7.35. The molecule has 29 heavy (non-hydrogen) atoms. The molecule has 0 radical (unpaired) electrons. The molecule has 0 unspecified atom stereocenters. The number of benzene rings is 1. The number of amides is 2. The topological polar surface area (TPSA) is 85.7 Å². The second-order valence-corrected chi connectivity index (χ2v) is 7.80. The number of nitrogens with one attached hydrogen (secondary N) is 1. The van der Waals surface area contributed by atoms with Gasteiger partial charge >= 0.3 is 0 Å². The maximum atomic E-state index is 12.7. The average Bonchev–Trinajstić information content (AvgIpc) is 2.95. The molecule has 0 saturated carbocycles. The van der Waals surface area contributed by atoms with Crippen LogP contribution in [0.4, 0.5) is 0 Å². The van der Waals surface area contributed by atoms with Crippen molar-refractivity contribution in [3.8, 4) is 11.5 Å². The highest BCUT2D eigenvalue weighted by atomic mass is 16.5. The summed E-state index contributed by atoms with van der Waals surface area (Å²) in [6, 6.07) is 7.18. The van der Waals surface area contributed by atoms with Gasteiger partial charge in [-0.3, -0.25) is 14.3 Å². The highest BCUT2D eigenvalue weighted by molar-refractivity contribution is 5.97. The van der Waals surface area contributed by atoms with E-state index in [2.05, 4.69) is 10.4 Å². The number of aryl methyl sites for hydroxylation is 2. The van der Waals surface area contributed by atoms with Crippen molar-refractivity contribution in [2.45, 2.75) is 38.8 Å². The van der Waals surface area contributed by atoms with Crippen LogP contribution in [-0.2, 0) is 11.3 Å². The van der Waals surface area contributed by atoms with Gasteiger partial charge in [-0.1, -0.05) is 0 Å². The molecule has 0 bridgehead atoms. The fourth-order valence-electron chi connectivity index (χ4n) is 4.01. The average molecular weight is 398 g/mol. The largest absolute Gasteiger partial charge is 0.497 e. The van der Waals surface area contributed by atoms with Crippen molar-refractivity contribution < 1.29 is 19.1 Å². The first-order valence-corrected chi connectivity index (χ1v) is 9.83. The summed E-state index contributed by atoms with van der Waals surface area (Å²) >= 11 is 0. The van der Waals surface area contributed by atoms with E-state index in [1.807, 2.05) is 24.8 Å². The summed E-state index contributed by atoms with van der Waals surface area (Å²) in [4.78, 5) is 27.0. The Bertz CT molecular complexity index is 944. The highest BCUT2D eigenvalue weighted by Gasteiger charge is 2.41. The van der Waals surface area contributed by atoms with E-state index in [4.69, 9.17) is 9.47 Å². The summed E-state index contributed by atoms with van der Waals surface area (Å²) in [6.07, 6.45) is 1.29. The minimum absolute atomic E-state index is 0.0470. The Balaban J connectivity index is 1.45. The van der Waals surface area contributed by atoms with Crippen LogP contribution in [0, 0.1) is 13.8 Å². The number of fused-ring (bicyclic) bond motifs is 1. The van der Waals surface area contributed by atoms with Gasteiger partial charge in [-0.25, -0.2) is 0 Å². The Morgan fingerprint density at radius 2 is 2.03 bits per heavy atom. The predicted octanol–water partition coefficient (Wildman–Crippen LogP) is 1.69. The lowest BCUT2D eigenvalue weighted by Crippen LogP contribution is -2.54. The molecule has 0 aliphatic carbocycles. The zero-order valence-corrected chi connectivity index (χ0v) is 17.0. The van der Waals surface area contributed by atoms with Gasteiger partial charge in [0, 0.05) is 37.7 Å². The van der Waals surface area contributed by atoms with Crippen molar-refractivity contribution in [3.63, 3.8) is 0 Å². The third-order valence-electron chi connectivity index (χ3n) is 5.75. The number of piperidine rings is 1. The standard InChI is InChI=1S/C21H26N4O4/c1-14-10-15(2)25(23-14)12-19(26)24-8-6-21(7-9-24)13-22-20(27)17-5-4-16(28-3)11-18(17)29-21/h4-5,10-11H,6-9,12-13H2,1-3H3,(H,22,27). The van der Waals surface area contributed by atoms with Gasteiger partial charge in [-0.15, -0.1) is 0 Å². The van der Waals surface area contributed by atoms with Crippen LogP contribution in [0.3, 0.4) is 0 Å². The van der Waals surface area contributed by atoms with Crippen molar-refractivity contribution in [2.24, 2.45) is 0 Å². The number of nitrogens with zero attached hydrogens (tertiary/aromatic N) is 3. The molecular formula is C21H26N4O4. The summed E-state index contributed by atoms with van der Waals surface area (Å²) in [5.41, 5.74) is 1.86. The van der Waals surface area contributed by atoms with Crippen LogP contribution < -0.4 is 14.8 Å². The first kappa shape index (κ1) is 19.3. The van der Waals surface area contributed by atoms with Crippen LogP contribution in [-0.4, -0.2) is 58.8 Å². The number of aromatic nitrogens is 2. The third kappa shape index (κ3) is 3.79. The van der Waals surface area contributed by atoms with E-state index >= 15 is 0 Å². The molecule has 2 aromatic rings. The lowest BCUT2D eigenvalue weighted by atomic mass is 9.91. The quantitative estimate of drug-likeness (QED) is 0.851. The Kier molecular flexibility index (Phi) is 4.94. The Morgan fingerprint density at radius 3 is 2.69 bits per heavy atom. The maximum Gasteiger partial charge on any atom is 0.255 e. The van der Waals surface area contributed by atoms with Crippen LogP contribution in [0.2, 0.25) is 0 Å². The van der Waals surface area contributed by atoms with E-state index in [1.165, 1.54) is 0 Å². The number of carbonyl (C=O) groups excluding carboxylic acids is 2. The number of rotatable bonds is 3. The van der Waals surface area contributed by atoms with Gasteiger partial charge < -0.3 is 19.7 Å². The SMILES string of the molecule is COc1ccc2c(c1)OC1(CCN(C(=O)Cn3nc(C)cc3C)CC1)CNC2=O. The number of hydrogen-bond acceptors (Lipinski definition) is 5. The molecular weight excluding hydrogens is 372 g/mol. The third-order valence-corrected chi connectivity index (χ3v) is 5.75. The van der Waals surface area contributed by atoms with Crippen LogP contribution >= 0.6 is 0 Å². The van der Waals surface area contributed by atoms with Gasteiger partial charge in [0.05, 0.1) is 24.9 Å². The second-order valence-electron chi connectivity index (χ2n) is 7.80. The highest BCUT2D eigenvalue weighted by Crippen LogP contribution is 2.35. The summed E-state index contributed by atoms with van der Waals surface area (Å²) in [7, 11) is 1.58. The van der Waals surface area contributed by atoms with Crippen LogP contribution in [0.25, 0.3) is 0 Å². The fourth-order valence-corrected chi connectivity index (χ4v) is 4.01. The van der Waals surface area contributed by atoms with Crippen molar-refractivity contribution >= 4 is 11.8 Å². The predicted molar refractivity (Wildman–Crippen MR) is 106 cm³/mol. The molecule has 8 nitrogen and oxygen atoms in total. The van der Waals surface area contributed by atoms with Crippen LogP contribution in [0.1, 0.15) is 34.6 Å². The lowest BCUT2D eigenvalue weighted by Gasteiger charge is -2.41. The van der Waals surface area contributed by atoms with Gasteiger partial charge in [-0.05, 0) is 32.0 Å². The number of ether oxygens (including phenoxy) is 2. The van der Waals surface area contributed by atoms with E-state index in [9.17, 15) is 9.59 Å². The molecule has 2 amide bonds. The molecule has 2 aliphatic rings. The van der Waals surface area contributed by atoms with Gasteiger partial charge in [0.1, 0.15) is 23.6 Å². The normalized spacial score (nSPS) is 17.9. The Hall–Kier alpha value is -3.03. The van der Waals surface area contributed by atoms with Gasteiger partial charge in [0.15, 0.2) is 0 Å². The molecule has 1 spiro atoms. The first-order valence-electron chi connectivity index (χ1n) is 9.83. The molecule has 3 heterocycles. The molecule has 1 saturated heterocycles. The van der Waals surface area contributed by atoms with Crippen LogP contribution in [0.15, 0.2) is 24.3 Å². The second kappa shape index (κ2) is 7.42. The van der Waals surface area contributed by atoms with E-state index in [-0.39, 0.29) is 18.4 Å². The monoisotopic (exact) mass is 398 g/mol. The number of methoxy groups -OCH3 is 1. The zero-order chi connectivity index (χ0) is 20.6. The summed E-state index contributed by atoms with van der Waals surface area (Å²) in [6.45, 7) is 5.68. The van der Waals surface area contributed by atoms with E-state index in [0.717, 1.165) is 11.4 Å². The van der Waals surface area contributed by atoms with Gasteiger partial charge in [-0.2, -0.15) is 5.10 Å². The molecule has 0 atom stereocenters. The molecule has 154 valence electrons. The number of likely N-dealkylation sites (tertiary alicyclic amines) is 1. The lowest BCUT2D eigenvalue weighted by molar-refractivity contribution is -0.135. The van der Waals surface area contributed by atoms with Crippen molar-refractivity contribution in [2.75, 3.05) is 26.7 Å². The van der Waals surface area contributed by atoms with Gasteiger partial charge in [0.25, 0.3) is 5.91 Å². The van der Waals surface area contributed by atoms with Crippen molar-refractivity contribution in [1.29, 1.82) is 0 Å². The van der Waals surface area contributed by atoms with Crippen molar-refractivity contribution in [1.82, 2.24) is 20.0 Å². The Labute approximate surface area is 169 Å². The molecule has 2 aliphatic heterocycles. The smallest absolute Gasteiger partial charge is 0.255 e. The van der Waals surface area contributed by atoms with Gasteiger partial charge in [0.2, 0.25) is 5.91 Å². The molecule has 8 heteroatoms. The summed E-state index contributed by atoms with van der Waals surface area (Å²) < 4.78 is 13.4. The molecule has 4 rings (SSSR count). The fraction of sp³-hybridized carbons (Fsp3) is 0.476. The minimum atomic E-state index is -0.526. The maximum absolute atomic E-state index is 12.7. The molecule has 1 fully saturated rings. The number of carbonyl (C=O) groups is 2. The van der Waals surface area contributed by atoms with Crippen LogP contribution in [0.5, 0.6) is 11.5 Å². The molecule has 1 N–H and O–H groups in total. The van der Waals surface area contributed by atoms with E-state index < -0.39 is 5.60 Å². The van der Waals surface area contributed by atoms with E-state index in [1.54, 1.807) is 30.0 Å². The zero-order valence-electron chi connectivity index (χ0n) is 17.0. The minimum Gasteiger partial charge on any atom is -0.497 e. The van der Waals surface area contributed by atoms with Crippen molar-refractivity contribution in [3.05, 3.63) is 41.2 Å². The molecule has 1 aromatic carbocycles. The number of hydrogen-bond donors (Lipinski definition) is 1. The Morgan fingerprint density at radius 1 is 1.28 bits per heavy atom. The van der Waals surface area contributed by atoms with E-state index in [0.29, 0.717) is 49.5 Å². The molecule has 1 aromatic heterocycles.